The zero-order valence-electron chi connectivity index (χ0n) is 15.4. The van der Waals surface area contributed by atoms with Crippen LogP contribution in [-0.2, 0) is 12.8 Å². The van der Waals surface area contributed by atoms with Gasteiger partial charge in [-0.25, -0.2) is 9.80 Å². The van der Waals surface area contributed by atoms with Crippen LogP contribution in [-0.4, -0.2) is 29.2 Å². The van der Waals surface area contributed by atoms with Crippen molar-refractivity contribution in [2.24, 2.45) is 11.3 Å². The summed E-state index contributed by atoms with van der Waals surface area (Å²) in [5, 5.41) is 11.9. The summed E-state index contributed by atoms with van der Waals surface area (Å²) in [4.78, 5) is 14.4. The van der Waals surface area contributed by atoms with E-state index in [0.717, 1.165) is 54.8 Å². The monoisotopic (exact) mass is 370 g/mol. The Labute approximate surface area is 158 Å². The number of carbonyl (C=O) groups is 1. The van der Waals surface area contributed by atoms with Crippen molar-refractivity contribution in [1.82, 2.24) is 5.01 Å². The average Bonchev–Trinajstić information content (AvgIpc) is 3.17. The fourth-order valence-corrected chi connectivity index (χ4v) is 5.79. The van der Waals surface area contributed by atoms with Crippen molar-refractivity contribution in [1.29, 1.82) is 0 Å². The van der Waals surface area contributed by atoms with E-state index in [9.17, 15) is 9.90 Å². The van der Waals surface area contributed by atoms with E-state index in [1.165, 1.54) is 10.4 Å². The Morgan fingerprint density at radius 2 is 2.12 bits per heavy atom. The maximum Gasteiger partial charge on any atom is 0.337 e. The molecule has 1 aliphatic heterocycles. The van der Waals surface area contributed by atoms with Gasteiger partial charge in [0.15, 0.2) is 0 Å². The second kappa shape index (κ2) is 6.48. The molecule has 0 amide bonds. The van der Waals surface area contributed by atoms with Crippen molar-refractivity contribution in [2.45, 2.75) is 45.4 Å². The second-order valence-corrected chi connectivity index (χ2v) is 9.53. The molecule has 0 radical (unpaired) electrons. The molecule has 0 bridgehead atoms. The van der Waals surface area contributed by atoms with Crippen molar-refractivity contribution >= 4 is 17.3 Å². The lowest BCUT2D eigenvalue weighted by molar-refractivity contribution is 0.0696. The summed E-state index contributed by atoms with van der Waals surface area (Å²) in [6, 6.07) is 8.30. The highest BCUT2D eigenvalue weighted by atomic mass is 32.1. The molecule has 1 aliphatic carbocycles. The quantitative estimate of drug-likeness (QED) is 0.791. The summed E-state index contributed by atoms with van der Waals surface area (Å²) in [6.07, 6.45) is 3.97. The van der Waals surface area contributed by atoms with Gasteiger partial charge in [0.1, 0.15) is 0 Å². The largest absolute Gasteiger partial charge is 0.478 e. The third kappa shape index (κ3) is 3.08. The summed E-state index contributed by atoms with van der Waals surface area (Å²) in [5.74, 6) is 5.55. The zero-order chi connectivity index (χ0) is 18.5. The molecule has 2 heterocycles. The van der Waals surface area contributed by atoms with Crippen LogP contribution in [0.5, 0.6) is 0 Å². The van der Waals surface area contributed by atoms with Gasteiger partial charge in [0, 0.05) is 22.8 Å². The molecule has 0 saturated carbocycles. The molecule has 1 fully saturated rings. The van der Waals surface area contributed by atoms with Crippen LogP contribution in [0.15, 0.2) is 24.3 Å². The summed E-state index contributed by atoms with van der Waals surface area (Å²) in [5.41, 5.74) is 4.09. The van der Waals surface area contributed by atoms with Crippen molar-refractivity contribution < 1.29 is 9.90 Å². The molecule has 0 spiro atoms. The fourth-order valence-electron chi connectivity index (χ4n) is 4.44. The molecular formula is C21H26N2O2S. The molecule has 1 aromatic heterocycles. The SMILES string of the molecule is CC1(C)CCc2sc(-c3ccccc3[C@@H]3CCN(N)C3)c(C(=O)O)c2C1. The first-order chi connectivity index (χ1) is 12.4. The number of nitrogens with zero attached hydrogens (tertiary/aromatic N) is 1. The van der Waals surface area contributed by atoms with E-state index in [1.54, 1.807) is 11.3 Å². The highest BCUT2D eigenvalue weighted by Crippen LogP contribution is 2.47. The Hall–Kier alpha value is -1.69. The van der Waals surface area contributed by atoms with Gasteiger partial charge in [-0.05, 0) is 53.7 Å². The van der Waals surface area contributed by atoms with Crippen LogP contribution in [0.4, 0.5) is 0 Å². The van der Waals surface area contributed by atoms with Gasteiger partial charge in [-0.15, -0.1) is 11.3 Å². The van der Waals surface area contributed by atoms with E-state index in [4.69, 9.17) is 5.84 Å². The number of aryl methyl sites for hydroxylation is 1. The molecule has 0 unspecified atom stereocenters. The maximum absolute atomic E-state index is 12.2. The standard InChI is InChI=1S/C21H26N2O2S/c1-21(2)9-7-17-16(11-21)18(20(24)25)19(26-17)15-6-4-3-5-14(15)13-8-10-23(22)12-13/h3-6,13H,7-12,22H2,1-2H3,(H,24,25)/t13-/m1/s1. The minimum absolute atomic E-state index is 0.167. The van der Waals surface area contributed by atoms with Crippen molar-refractivity contribution in [3.8, 4) is 10.4 Å². The van der Waals surface area contributed by atoms with Crippen LogP contribution in [0.2, 0.25) is 0 Å². The lowest BCUT2D eigenvalue weighted by atomic mass is 9.75. The average molecular weight is 371 g/mol. The number of carboxylic acids is 1. The minimum Gasteiger partial charge on any atom is -0.478 e. The van der Waals surface area contributed by atoms with Crippen molar-refractivity contribution in [3.05, 3.63) is 45.8 Å². The van der Waals surface area contributed by atoms with Crippen molar-refractivity contribution in [2.75, 3.05) is 13.1 Å². The van der Waals surface area contributed by atoms with Gasteiger partial charge >= 0.3 is 5.97 Å². The van der Waals surface area contributed by atoms with Crippen LogP contribution in [0.25, 0.3) is 10.4 Å². The van der Waals surface area contributed by atoms with Gasteiger partial charge in [-0.3, -0.25) is 5.84 Å². The molecular weight excluding hydrogens is 344 g/mol. The fraction of sp³-hybridized carbons (Fsp3) is 0.476. The van der Waals surface area contributed by atoms with Crippen LogP contribution in [0.3, 0.4) is 0 Å². The summed E-state index contributed by atoms with van der Waals surface area (Å²) >= 11 is 1.69. The molecule has 4 rings (SSSR count). The number of hydrogen-bond acceptors (Lipinski definition) is 4. The minimum atomic E-state index is -0.795. The number of aromatic carboxylic acids is 1. The first-order valence-corrected chi connectivity index (χ1v) is 10.1. The predicted molar refractivity (Wildman–Crippen MR) is 106 cm³/mol. The zero-order valence-corrected chi connectivity index (χ0v) is 16.2. The van der Waals surface area contributed by atoms with Crippen molar-refractivity contribution in [3.63, 3.8) is 0 Å². The van der Waals surface area contributed by atoms with Gasteiger partial charge in [0.25, 0.3) is 0 Å². The molecule has 4 nitrogen and oxygen atoms in total. The third-order valence-electron chi connectivity index (χ3n) is 5.85. The van der Waals surface area contributed by atoms with E-state index in [0.29, 0.717) is 11.5 Å². The third-order valence-corrected chi connectivity index (χ3v) is 7.18. The Morgan fingerprint density at radius 3 is 2.81 bits per heavy atom. The highest BCUT2D eigenvalue weighted by molar-refractivity contribution is 7.16. The number of thiophene rings is 1. The Balaban J connectivity index is 1.85. The van der Waals surface area contributed by atoms with Crippen LogP contribution in [0.1, 0.15) is 59.0 Å². The lowest BCUT2D eigenvalue weighted by Gasteiger charge is -2.29. The highest BCUT2D eigenvalue weighted by Gasteiger charge is 2.34. The molecule has 138 valence electrons. The lowest BCUT2D eigenvalue weighted by Crippen LogP contribution is -2.27. The number of hydrazine groups is 1. The molecule has 2 aliphatic rings. The predicted octanol–water partition coefficient (Wildman–Crippen LogP) is 4.29. The van der Waals surface area contributed by atoms with E-state index in [-0.39, 0.29) is 5.41 Å². The molecule has 1 saturated heterocycles. The van der Waals surface area contributed by atoms with E-state index >= 15 is 0 Å². The first kappa shape index (κ1) is 17.7. The van der Waals surface area contributed by atoms with E-state index in [1.807, 2.05) is 11.1 Å². The number of hydrogen-bond donors (Lipinski definition) is 2. The molecule has 2 aromatic rings. The van der Waals surface area contributed by atoms with Crippen LogP contribution in [0, 0.1) is 5.41 Å². The van der Waals surface area contributed by atoms with Crippen LogP contribution < -0.4 is 5.84 Å². The van der Waals surface area contributed by atoms with E-state index < -0.39 is 5.97 Å². The molecule has 1 aromatic carbocycles. The topological polar surface area (TPSA) is 66.6 Å². The number of rotatable bonds is 3. The molecule has 1 atom stereocenters. The van der Waals surface area contributed by atoms with Gasteiger partial charge < -0.3 is 5.11 Å². The number of benzene rings is 1. The smallest absolute Gasteiger partial charge is 0.337 e. The Kier molecular flexibility index (Phi) is 4.41. The molecule has 3 N–H and O–H groups in total. The normalized spacial score (nSPS) is 22.3. The molecule has 5 heteroatoms. The van der Waals surface area contributed by atoms with Gasteiger partial charge in [-0.1, -0.05) is 38.1 Å². The summed E-state index contributed by atoms with van der Waals surface area (Å²) in [7, 11) is 0. The Bertz CT molecular complexity index is 856. The number of nitrogens with two attached hydrogens (primary N) is 1. The van der Waals surface area contributed by atoms with Crippen LogP contribution >= 0.6 is 11.3 Å². The first-order valence-electron chi connectivity index (χ1n) is 9.32. The van der Waals surface area contributed by atoms with Gasteiger partial charge in [0.2, 0.25) is 0 Å². The maximum atomic E-state index is 12.2. The summed E-state index contributed by atoms with van der Waals surface area (Å²) < 4.78 is 0. The van der Waals surface area contributed by atoms with E-state index in [2.05, 4.69) is 32.0 Å². The Morgan fingerprint density at radius 1 is 1.35 bits per heavy atom. The second-order valence-electron chi connectivity index (χ2n) is 8.42. The van der Waals surface area contributed by atoms with Gasteiger partial charge in [0.05, 0.1) is 5.56 Å². The number of carboxylic acid groups (broad SMARTS) is 1. The summed E-state index contributed by atoms with van der Waals surface area (Å²) in [6.45, 7) is 6.19. The number of fused-ring (bicyclic) bond motifs is 1. The molecule has 26 heavy (non-hydrogen) atoms. The van der Waals surface area contributed by atoms with Gasteiger partial charge in [-0.2, -0.15) is 0 Å².